The van der Waals surface area contributed by atoms with Crippen LogP contribution < -0.4 is 5.32 Å². The number of carboxylic acids is 1. The van der Waals surface area contributed by atoms with E-state index in [0.717, 1.165) is 30.0 Å². The van der Waals surface area contributed by atoms with Crippen molar-refractivity contribution in [2.24, 2.45) is 0 Å². The van der Waals surface area contributed by atoms with E-state index in [1.807, 2.05) is 0 Å². The molecule has 0 aromatic heterocycles. The zero-order valence-corrected chi connectivity index (χ0v) is 11.0. The second-order valence-electron chi connectivity index (χ2n) is 4.03. The molecule has 3 nitrogen and oxygen atoms in total. The minimum absolute atomic E-state index is 0.108. The fraction of sp³-hybridized carbons (Fsp3) is 0.417. The average Bonchev–Trinajstić information content (AvgIpc) is 2.30. The van der Waals surface area contributed by atoms with Gasteiger partial charge in [-0.05, 0) is 31.7 Å². The van der Waals surface area contributed by atoms with Crippen molar-refractivity contribution < 1.29 is 18.7 Å². The predicted octanol–water partition coefficient (Wildman–Crippen LogP) is 2.51. The summed E-state index contributed by atoms with van der Waals surface area (Å²) in [6.45, 7) is 3.78. The molecule has 1 unspecified atom stereocenters. The molecular weight excluding hydrogens is 260 g/mol. The van der Waals surface area contributed by atoms with Crippen molar-refractivity contribution in [3.05, 3.63) is 29.8 Å². The lowest BCUT2D eigenvalue weighted by Crippen LogP contribution is -2.51. The second-order valence-corrected chi connectivity index (χ2v) is 5.05. The number of thioether (sulfide) groups is 1. The van der Waals surface area contributed by atoms with Gasteiger partial charge in [-0.3, -0.25) is 4.79 Å². The molecule has 18 heavy (non-hydrogen) atoms. The number of rotatable bonds is 6. The van der Waals surface area contributed by atoms with Crippen LogP contribution in [0.5, 0.6) is 0 Å². The lowest BCUT2D eigenvalue weighted by molar-refractivity contribution is -0.143. The largest absolute Gasteiger partial charge is 0.480 e. The van der Waals surface area contributed by atoms with E-state index in [2.05, 4.69) is 5.32 Å². The third-order valence-corrected chi connectivity index (χ3v) is 3.79. The first kappa shape index (κ1) is 14.9. The van der Waals surface area contributed by atoms with Crippen LogP contribution >= 0.6 is 11.8 Å². The molecule has 1 aromatic carbocycles. The topological polar surface area (TPSA) is 49.3 Å². The number of nitrogens with one attached hydrogen (secondary N) is 1. The van der Waals surface area contributed by atoms with E-state index >= 15 is 0 Å². The Bertz CT molecular complexity index is 442. The molecule has 1 aromatic rings. The van der Waals surface area contributed by atoms with Gasteiger partial charge in [0.15, 0.2) is 0 Å². The lowest BCUT2D eigenvalue weighted by atomic mass is 10.1. The Morgan fingerprint density at radius 1 is 1.50 bits per heavy atom. The first-order chi connectivity index (χ1) is 8.39. The Morgan fingerprint density at radius 3 is 2.72 bits per heavy atom. The van der Waals surface area contributed by atoms with Gasteiger partial charge in [-0.15, -0.1) is 11.8 Å². The van der Waals surface area contributed by atoms with E-state index in [1.54, 1.807) is 6.92 Å². The standard InChI is InChI=1S/C12H15F2NO2S/c1-3-15-12(2,11(16)17)7-18-10-6-8(13)4-5-9(10)14/h4-6,15H,3,7H2,1-2H3,(H,16,17). The lowest BCUT2D eigenvalue weighted by Gasteiger charge is -2.25. The molecule has 0 aliphatic heterocycles. The molecule has 0 spiro atoms. The molecule has 0 bridgehead atoms. The number of hydrogen-bond acceptors (Lipinski definition) is 3. The van der Waals surface area contributed by atoms with Crippen molar-refractivity contribution in [3.63, 3.8) is 0 Å². The van der Waals surface area contributed by atoms with Crippen molar-refractivity contribution in [1.82, 2.24) is 5.32 Å². The minimum Gasteiger partial charge on any atom is -0.480 e. The van der Waals surface area contributed by atoms with E-state index in [9.17, 15) is 13.6 Å². The van der Waals surface area contributed by atoms with Gasteiger partial charge in [-0.2, -0.15) is 0 Å². The zero-order valence-electron chi connectivity index (χ0n) is 10.2. The molecule has 0 aliphatic carbocycles. The molecule has 0 heterocycles. The van der Waals surface area contributed by atoms with Gasteiger partial charge < -0.3 is 10.4 Å². The Hall–Kier alpha value is -1.14. The number of carboxylic acid groups (broad SMARTS) is 1. The van der Waals surface area contributed by atoms with Crippen LogP contribution in [0, 0.1) is 11.6 Å². The van der Waals surface area contributed by atoms with Crippen molar-refractivity contribution in [3.8, 4) is 0 Å². The predicted molar refractivity (Wildman–Crippen MR) is 66.8 cm³/mol. The highest BCUT2D eigenvalue weighted by molar-refractivity contribution is 7.99. The minimum atomic E-state index is -1.17. The summed E-state index contributed by atoms with van der Waals surface area (Å²) >= 11 is 0.978. The van der Waals surface area contributed by atoms with Gasteiger partial charge in [0.25, 0.3) is 0 Å². The number of benzene rings is 1. The summed E-state index contributed by atoms with van der Waals surface area (Å²) in [5, 5.41) is 11.9. The van der Waals surface area contributed by atoms with Crippen LogP contribution in [0.15, 0.2) is 23.1 Å². The fourth-order valence-electron chi connectivity index (χ4n) is 1.39. The highest BCUT2D eigenvalue weighted by atomic mass is 32.2. The fourth-order valence-corrected chi connectivity index (χ4v) is 2.46. The summed E-state index contributed by atoms with van der Waals surface area (Å²) in [6, 6.07) is 3.12. The normalized spacial score (nSPS) is 14.2. The van der Waals surface area contributed by atoms with Crippen LogP contribution in [0.25, 0.3) is 0 Å². The Morgan fingerprint density at radius 2 is 2.17 bits per heavy atom. The van der Waals surface area contributed by atoms with Crippen LogP contribution in [-0.4, -0.2) is 28.9 Å². The highest BCUT2D eigenvalue weighted by Gasteiger charge is 2.32. The Labute approximate surface area is 109 Å². The molecule has 0 amide bonds. The third-order valence-electron chi connectivity index (χ3n) is 2.45. The summed E-state index contributed by atoms with van der Waals surface area (Å²) in [4.78, 5) is 11.3. The van der Waals surface area contributed by atoms with Crippen molar-refractivity contribution in [2.45, 2.75) is 24.3 Å². The van der Waals surface area contributed by atoms with Gasteiger partial charge in [0.1, 0.15) is 17.2 Å². The molecule has 0 saturated heterocycles. The quantitative estimate of drug-likeness (QED) is 0.783. The first-order valence-electron chi connectivity index (χ1n) is 5.45. The van der Waals surface area contributed by atoms with Crippen molar-refractivity contribution in [1.29, 1.82) is 0 Å². The summed E-state index contributed by atoms with van der Waals surface area (Å²) in [5.41, 5.74) is -1.17. The van der Waals surface area contributed by atoms with E-state index in [1.165, 1.54) is 6.92 Å². The van der Waals surface area contributed by atoms with Crippen LogP contribution in [0.1, 0.15) is 13.8 Å². The molecular formula is C12H15F2NO2S. The van der Waals surface area contributed by atoms with Gasteiger partial charge in [-0.1, -0.05) is 6.92 Å². The smallest absolute Gasteiger partial charge is 0.324 e. The number of likely N-dealkylation sites (N-methyl/N-ethyl adjacent to an activating group) is 1. The molecule has 0 aliphatic rings. The van der Waals surface area contributed by atoms with E-state index in [0.29, 0.717) is 6.54 Å². The molecule has 0 fully saturated rings. The maximum atomic E-state index is 13.4. The number of hydrogen-bond donors (Lipinski definition) is 2. The molecule has 0 saturated carbocycles. The average molecular weight is 275 g/mol. The SMILES string of the molecule is CCNC(C)(CSc1cc(F)ccc1F)C(=O)O. The van der Waals surface area contributed by atoms with Crippen molar-refractivity contribution in [2.75, 3.05) is 12.3 Å². The van der Waals surface area contributed by atoms with E-state index in [4.69, 9.17) is 5.11 Å². The molecule has 1 atom stereocenters. The maximum Gasteiger partial charge on any atom is 0.324 e. The number of aliphatic carboxylic acids is 1. The molecule has 100 valence electrons. The van der Waals surface area contributed by atoms with Gasteiger partial charge in [0.2, 0.25) is 0 Å². The molecule has 0 radical (unpaired) electrons. The Kier molecular flexibility index (Phi) is 5.10. The second kappa shape index (κ2) is 6.15. The van der Waals surface area contributed by atoms with Gasteiger partial charge in [0, 0.05) is 10.6 Å². The molecule has 6 heteroatoms. The van der Waals surface area contributed by atoms with Gasteiger partial charge in [-0.25, -0.2) is 8.78 Å². The third kappa shape index (κ3) is 3.68. The van der Waals surface area contributed by atoms with Crippen LogP contribution in [0.4, 0.5) is 8.78 Å². The molecule has 1 rings (SSSR count). The summed E-state index contributed by atoms with van der Waals surface area (Å²) in [7, 11) is 0. The Balaban J connectivity index is 2.79. The number of halogens is 2. The zero-order chi connectivity index (χ0) is 13.8. The van der Waals surface area contributed by atoms with Crippen LogP contribution in [0.2, 0.25) is 0 Å². The van der Waals surface area contributed by atoms with Gasteiger partial charge >= 0.3 is 5.97 Å². The van der Waals surface area contributed by atoms with Crippen molar-refractivity contribution >= 4 is 17.7 Å². The summed E-state index contributed by atoms with van der Waals surface area (Å²) in [6.07, 6.45) is 0. The van der Waals surface area contributed by atoms with Gasteiger partial charge in [0.05, 0.1) is 0 Å². The molecule has 2 N–H and O–H groups in total. The van der Waals surface area contributed by atoms with E-state index < -0.39 is 23.1 Å². The van der Waals surface area contributed by atoms with Crippen LogP contribution in [0.3, 0.4) is 0 Å². The number of carbonyl (C=O) groups is 1. The summed E-state index contributed by atoms with van der Waals surface area (Å²) in [5.74, 6) is -2.00. The highest BCUT2D eigenvalue weighted by Crippen LogP contribution is 2.26. The maximum absolute atomic E-state index is 13.4. The van der Waals surface area contributed by atoms with Crippen LogP contribution in [-0.2, 0) is 4.79 Å². The first-order valence-corrected chi connectivity index (χ1v) is 6.44. The summed E-state index contributed by atoms with van der Waals surface area (Å²) < 4.78 is 26.3. The monoisotopic (exact) mass is 275 g/mol. The van der Waals surface area contributed by atoms with E-state index in [-0.39, 0.29) is 10.6 Å².